The van der Waals surface area contributed by atoms with Crippen molar-refractivity contribution in [3.05, 3.63) is 18.0 Å². The summed E-state index contributed by atoms with van der Waals surface area (Å²) >= 11 is 0. The van der Waals surface area contributed by atoms with Crippen molar-refractivity contribution in [3.8, 4) is 0 Å². The van der Waals surface area contributed by atoms with Gasteiger partial charge in [0, 0.05) is 24.9 Å². The van der Waals surface area contributed by atoms with E-state index in [9.17, 15) is 5.11 Å². The molecule has 0 aliphatic rings. The van der Waals surface area contributed by atoms with Gasteiger partial charge in [-0.05, 0) is 25.8 Å². The topological polar surface area (TPSA) is 38.0 Å². The van der Waals surface area contributed by atoms with Gasteiger partial charge >= 0.3 is 0 Å². The molecule has 3 nitrogen and oxygen atoms in total. The van der Waals surface area contributed by atoms with Crippen LogP contribution in [-0.2, 0) is 13.0 Å². The number of aliphatic hydroxyl groups is 1. The molecule has 0 amide bonds. The first-order chi connectivity index (χ1) is 6.38. The van der Waals surface area contributed by atoms with E-state index in [1.165, 1.54) is 0 Å². The molecule has 0 aliphatic heterocycles. The van der Waals surface area contributed by atoms with E-state index in [0.717, 1.165) is 12.2 Å². The summed E-state index contributed by atoms with van der Waals surface area (Å²) in [5.74, 6) is 0.579. The Morgan fingerprint density at radius 3 is 2.64 bits per heavy atom. The molecular formula is C11H20N2O. The molecule has 1 N–H and O–H groups in total. The highest BCUT2D eigenvalue weighted by atomic mass is 16.3. The monoisotopic (exact) mass is 196 g/mol. The Labute approximate surface area is 85.8 Å². The van der Waals surface area contributed by atoms with Gasteiger partial charge in [0.2, 0.25) is 0 Å². The minimum atomic E-state index is -0.658. The summed E-state index contributed by atoms with van der Waals surface area (Å²) in [4.78, 5) is 0. The van der Waals surface area contributed by atoms with Crippen LogP contribution in [0.15, 0.2) is 12.3 Å². The summed E-state index contributed by atoms with van der Waals surface area (Å²) in [6, 6.07) is 1.97. The Morgan fingerprint density at radius 2 is 2.14 bits per heavy atom. The highest BCUT2D eigenvalue weighted by Crippen LogP contribution is 2.12. The zero-order chi connectivity index (χ0) is 10.8. The highest BCUT2D eigenvalue weighted by molar-refractivity contribution is 5.04. The van der Waals surface area contributed by atoms with Gasteiger partial charge in [-0.15, -0.1) is 0 Å². The molecule has 0 saturated heterocycles. The maximum Gasteiger partial charge on any atom is 0.0646 e. The molecule has 14 heavy (non-hydrogen) atoms. The van der Waals surface area contributed by atoms with E-state index in [2.05, 4.69) is 18.9 Å². The van der Waals surface area contributed by atoms with Crippen molar-refractivity contribution in [2.75, 3.05) is 0 Å². The predicted octanol–water partition coefficient (Wildman–Crippen LogP) is 1.85. The number of aromatic nitrogens is 2. The van der Waals surface area contributed by atoms with Crippen LogP contribution in [0.1, 0.15) is 33.4 Å². The van der Waals surface area contributed by atoms with Crippen LogP contribution < -0.4 is 0 Å². The molecule has 1 aromatic heterocycles. The number of rotatable bonds is 4. The third-order valence-electron chi connectivity index (χ3n) is 1.96. The Bertz CT molecular complexity index is 284. The summed E-state index contributed by atoms with van der Waals surface area (Å²) in [5, 5.41) is 14.0. The second kappa shape index (κ2) is 4.13. The van der Waals surface area contributed by atoms with Gasteiger partial charge in [-0.3, -0.25) is 4.68 Å². The molecule has 0 unspecified atom stereocenters. The molecule has 0 saturated carbocycles. The van der Waals surface area contributed by atoms with Gasteiger partial charge in [0.05, 0.1) is 5.60 Å². The smallest absolute Gasteiger partial charge is 0.0646 e. The number of hydrogen-bond acceptors (Lipinski definition) is 2. The SMILES string of the molecule is CC(C)Cn1nccc1CC(C)(C)O. The van der Waals surface area contributed by atoms with E-state index >= 15 is 0 Å². The maximum atomic E-state index is 9.71. The van der Waals surface area contributed by atoms with Crippen molar-refractivity contribution >= 4 is 0 Å². The summed E-state index contributed by atoms with van der Waals surface area (Å²) in [7, 11) is 0. The fourth-order valence-electron chi connectivity index (χ4n) is 1.46. The normalized spacial score (nSPS) is 12.4. The summed E-state index contributed by atoms with van der Waals surface area (Å²) in [6.07, 6.45) is 2.45. The standard InChI is InChI=1S/C11H20N2O/c1-9(2)8-13-10(5-6-12-13)7-11(3,4)14/h5-6,9,14H,7-8H2,1-4H3. The first-order valence-corrected chi connectivity index (χ1v) is 5.11. The van der Waals surface area contributed by atoms with Gasteiger partial charge in [-0.1, -0.05) is 13.8 Å². The van der Waals surface area contributed by atoms with Crippen molar-refractivity contribution in [2.24, 2.45) is 5.92 Å². The van der Waals surface area contributed by atoms with E-state index in [4.69, 9.17) is 0 Å². The molecule has 1 rings (SSSR count). The predicted molar refractivity (Wildman–Crippen MR) is 57.1 cm³/mol. The minimum absolute atomic E-state index is 0.579. The molecule has 80 valence electrons. The summed E-state index contributed by atoms with van der Waals surface area (Å²) in [6.45, 7) is 8.88. The van der Waals surface area contributed by atoms with Gasteiger partial charge in [0.15, 0.2) is 0 Å². The lowest BCUT2D eigenvalue weighted by Gasteiger charge is -2.18. The van der Waals surface area contributed by atoms with Crippen LogP contribution in [-0.4, -0.2) is 20.5 Å². The van der Waals surface area contributed by atoms with Gasteiger partial charge in [0.1, 0.15) is 0 Å². The average Bonchev–Trinajstić information content (AvgIpc) is 2.32. The molecular weight excluding hydrogens is 176 g/mol. The van der Waals surface area contributed by atoms with E-state index in [1.807, 2.05) is 24.6 Å². The second-order valence-electron chi connectivity index (χ2n) is 4.89. The van der Waals surface area contributed by atoms with E-state index in [1.54, 1.807) is 6.20 Å². The highest BCUT2D eigenvalue weighted by Gasteiger charge is 2.16. The third-order valence-corrected chi connectivity index (χ3v) is 1.96. The van der Waals surface area contributed by atoms with Crippen LogP contribution in [0.4, 0.5) is 0 Å². The second-order valence-corrected chi connectivity index (χ2v) is 4.89. The lowest BCUT2D eigenvalue weighted by molar-refractivity contribution is 0.0784. The summed E-state index contributed by atoms with van der Waals surface area (Å²) < 4.78 is 1.97. The zero-order valence-electron chi connectivity index (χ0n) is 9.49. The van der Waals surface area contributed by atoms with Gasteiger partial charge < -0.3 is 5.11 Å². The molecule has 1 aromatic rings. The first-order valence-electron chi connectivity index (χ1n) is 5.11. The van der Waals surface area contributed by atoms with Crippen molar-refractivity contribution in [1.82, 2.24) is 9.78 Å². The van der Waals surface area contributed by atoms with Gasteiger partial charge in [0.25, 0.3) is 0 Å². The van der Waals surface area contributed by atoms with Crippen molar-refractivity contribution in [3.63, 3.8) is 0 Å². The number of nitrogens with zero attached hydrogens (tertiary/aromatic N) is 2. The number of hydrogen-bond donors (Lipinski definition) is 1. The fourth-order valence-corrected chi connectivity index (χ4v) is 1.46. The van der Waals surface area contributed by atoms with Crippen molar-refractivity contribution in [2.45, 2.75) is 46.3 Å². The molecule has 0 aliphatic carbocycles. The molecule has 0 fully saturated rings. The molecule has 0 atom stereocenters. The molecule has 0 spiro atoms. The van der Waals surface area contributed by atoms with Crippen LogP contribution >= 0.6 is 0 Å². The zero-order valence-corrected chi connectivity index (χ0v) is 9.49. The lowest BCUT2D eigenvalue weighted by Crippen LogP contribution is -2.24. The van der Waals surface area contributed by atoms with Gasteiger partial charge in [-0.2, -0.15) is 5.10 Å². The van der Waals surface area contributed by atoms with Crippen molar-refractivity contribution < 1.29 is 5.11 Å². The fraction of sp³-hybridized carbons (Fsp3) is 0.727. The van der Waals surface area contributed by atoms with E-state index in [-0.39, 0.29) is 0 Å². The van der Waals surface area contributed by atoms with E-state index in [0.29, 0.717) is 12.3 Å². The van der Waals surface area contributed by atoms with E-state index < -0.39 is 5.60 Å². The maximum absolute atomic E-state index is 9.71. The quantitative estimate of drug-likeness (QED) is 0.798. The largest absolute Gasteiger partial charge is 0.390 e. The van der Waals surface area contributed by atoms with Crippen LogP contribution in [0, 0.1) is 5.92 Å². The van der Waals surface area contributed by atoms with Crippen LogP contribution in [0.3, 0.4) is 0 Å². The molecule has 0 aromatic carbocycles. The Morgan fingerprint density at radius 1 is 1.50 bits per heavy atom. The van der Waals surface area contributed by atoms with Crippen LogP contribution in [0.2, 0.25) is 0 Å². The average molecular weight is 196 g/mol. The van der Waals surface area contributed by atoms with Crippen molar-refractivity contribution in [1.29, 1.82) is 0 Å². The third kappa shape index (κ3) is 3.50. The minimum Gasteiger partial charge on any atom is -0.390 e. The Balaban J connectivity index is 2.72. The van der Waals surface area contributed by atoms with Crippen LogP contribution in [0.5, 0.6) is 0 Å². The van der Waals surface area contributed by atoms with Crippen LogP contribution in [0.25, 0.3) is 0 Å². The summed E-state index contributed by atoms with van der Waals surface area (Å²) in [5.41, 5.74) is 0.445. The molecule has 0 radical (unpaired) electrons. The lowest BCUT2D eigenvalue weighted by atomic mass is 10.0. The molecule has 3 heteroatoms. The molecule has 0 bridgehead atoms. The Hall–Kier alpha value is -0.830. The molecule has 1 heterocycles. The Kier molecular flexibility index (Phi) is 3.32. The van der Waals surface area contributed by atoms with Gasteiger partial charge in [-0.25, -0.2) is 0 Å². The first kappa shape index (κ1) is 11.2.